The van der Waals surface area contributed by atoms with Crippen molar-refractivity contribution in [3.05, 3.63) is 23.8 Å². The fraction of sp³-hybridized carbons (Fsp3) is 0.385. The van der Waals surface area contributed by atoms with E-state index in [4.69, 9.17) is 9.47 Å². The third-order valence-electron chi connectivity index (χ3n) is 2.70. The molecule has 5 heteroatoms. The second-order valence-electron chi connectivity index (χ2n) is 3.89. The van der Waals surface area contributed by atoms with E-state index in [1.54, 1.807) is 7.11 Å². The SMILES string of the molecule is CCOc1cc(C2=NNC(=O)CC2)ccc1OC. The third kappa shape index (κ3) is 2.61. The number of nitrogens with zero attached hydrogens (tertiary/aromatic N) is 1. The van der Waals surface area contributed by atoms with Gasteiger partial charge in [-0.3, -0.25) is 4.79 Å². The fourth-order valence-electron chi connectivity index (χ4n) is 1.81. The molecule has 1 aromatic rings. The minimum absolute atomic E-state index is 0.0442. The van der Waals surface area contributed by atoms with Crippen molar-refractivity contribution in [1.29, 1.82) is 0 Å². The van der Waals surface area contributed by atoms with Crippen LogP contribution in [0.4, 0.5) is 0 Å². The van der Waals surface area contributed by atoms with E-state index in [1.165, 1.54) is 0 Å². The molecule has 1 heterocycles. The normalized spacial score (nSPS) is 14.8. The van der Waals surface area contributed by atoms with Crippen LogP contribution in [0.1, 0.15) is 25.3 Å². The summed E-state index contributed by atoms with van der Waals surface area (Å²) in [6.07, 6.45) is 1.11. The number of benzene rings is 1. The number of hydrogen-bond donors (Lipinski definition) is 1. The molecule has 1 aliphatic heterocycles. The zero-order valence-electron chi connectivity index (χ0n) is 10.5. The first-order valence-electron chi connectivity index (χ1n) is 5.91. The molecule has 0 fully saturated rings. The molecule has 0 saturated heterocycles. The van der Waals surface area contributed by atoms with E-state index in [0.717, 1.165) is 11.3 Å². The summed E-state index contributed by atoms with van der Waals surface area (Å²) in [7, 11) is 1.61. The van der Waals surface area contributed by atoms with Gasteiger partial charge >= 0.3 is 0 Å². The Kier molecular flexibility index (Phi) is 3.82. The molecule has 2 rings (SSSR count). The molecule has 0 aliphatic carbocycles. The number of ether oxygens (including phenoxy) is 2. The number of hydrogen-bond acceptors (Lipinski definition) is 4. The van der Waals surface area contributed by atoms with Gasteiger partial charge < -0.3 is 9.47 Å². The molecule has 1 amide bonds. The van der Waals surface area contributed by atoms with Gasteiger partial charge in [-0.1, -0.05) is 0 Å². The summed E-state index contributed by atoms with van der Waals surface area (Å²) in [5, 5.41) is 4.06. The number of rotatable bonds is 4. The van der Waals surface area contributed by atoms with Crippen molar-refractivity contribution in [2.75, 3.05) is 13.7 Å². The first-order chi connectivity index (χ1) is 8.74. The van der Waals surface area contributed by atoms with Crippen molar-refractivity contribution in [2.45, 2.75) is 19.8 Å². The van der Waals surface area contributed by atoms with E-state index in [9.17, 15) is 4.79 Å². The van der Waals surface area contributed by atoms with Crippen LogP contribution in [0.5, 0.6) is 11.5 Å². The lowest BCUT2D eigenvalue weighted by Crippen LogP contribution is -2.25. The maximum atomic E-state index is 11.0. The zero-order valence-corrected chi connectivity index (χ0v) is 10.5. The summed E-state index contributed by atoms with van der Waals surface area (Å²) in [4.78, 5) is 11.0. The first kappa shape index (κ1) is 12.4. The van der Waals surface area contributed by atoms with Crippen molar-refractivity contribution in [2.24, 2.45) is 5.10 Å². The van der Waals surface area contributed by atoms with E-state index in [2.05, 4.69) is 10.5 Å². The Morgan fingerprint density at radius 1 is 1.33 bits per heavy atom. The maximum Gasteiger partial charge on any atom is 0.240 e. The van der Waals surface area contributed by atoms with Crippen molar-refractivity contribution < 1.29 is 14.3 Å². The molecule has 1 N–H and O–H groups in total. The number of hydrazone groups is 1. The van der Waals surface area contributed by atoms with Gasteiger partial charge in [0.15, 0.2) is 11.5 Å². The van der Waals surface area contributed by atoms with E-state index in [-0.39, 0.29) is 5.91 Å². The Bertz CT molecular complexity index is 483. The van der Waals surface area contributed by atoms with Crippen LogP contribution in [0.15, 0.2) is 23.3 Å². The molecular formula is C13H16N2O3. The molecule has 0 bridgehead atoms. The largest absolute Gasteiger partial charge is 0.493 e. The van der Waals surface area contributed by atoms with Crippen LogP contribution < -0.4 is 14.9 Å². The fourth-order valence-corrected chi connectivity index (χ4v) is 1.81. The second-order valence-corrected chi connectivity index (χ2v) is 3.89. The Morgan fingerprint density at radius 3 is 2.78 bits per heavy atom. The molecule has 5 nitrogen and oxygen atoms in total. The number of carbonyl (C=O) groups is 1. The van der Waals surface area contributed by atoms with Crippen LogP contribution in [-0.2, 0) is 4.79 Å². The van der Waals surface area contributed by atoms with Gasteiger partial charge in [-0.2, -0.15) is 5.10 Å². The van der Waals surface area contributed by atoms with Gasteiger partial charge in [0, 0.05) is 18.4 Å². The third-order valence-corrected chi connectivity index (χ3v) is 2.70. The molecule has 0 aromatic heterocycles. The molecule has 1 aliphatic rings. The summed E-state index contributed by atoms with van der Waals surface area (Å²) in [5.74, 6) is 1.34. The van der Waals surface area contributed by atoms with E-state index in [1.807, 2.05) is 25.1 Å². The van der Waals surface area contributed by atoms with Crippen LogP contribution in [-0.4, -0.2) is 25.3 Å². The van der Waals surface area contributed by atoms with Gasteiger partial charge in [-0.15, -0.1) is 0 Å². The standard InChI is InChI=1S/C13H16N2O3/c1-3-18-12-8-9(4-6-11(12)17-2)10-5-7-13(16)15-14-10/h4,6,8H,3,5,7H2,1-2H3,(H,15,16). The Balaban J connectivity index is 2.29. The van der Waals surface area contributed by atoms with Crippen molar-refractivity contribution in [1.82, 2.24) is 5.43 Å². The van der Waals surface area contributed by atoms with E-state index >= 15 is 0 Å². The minimum atomic E-state index is -0.0442. The molecule has 96 valence electrons. The highest BCUT2D eigenvalue weighted by Crippen LogP contribution is 2.29. The monoisotopic (exact) mass is 248 g/mol. The summed E-state index contributed by atoms with van der Waals surface area (Å²) in [6.45, 7) is 2.49. The van der Waals surface area contributed by atoms with E-state index in [0.29, 0.717) is 30.9 Å². The van der Waals surface area contributed by atoms with Gasteiger partial charge in [0.05, 0.1) is 19.4 Å². The van der Waals surface area contributed by atoms with Gasteiger partial charge in [0.2, 0.25) is 5.91 Å². The van der Waals surface area contributed by atoms with Crippen molar-refractivity contribution in [3.63, 3.8) is 0 Å². The minimum Gasteiger partial charge on any atom is -0.493 e. The van der Waals surface area contributed by atoms with Crippen molar-refractivity contribution in [3.8, 4) is 11.5 Å². The molecular weight excluding hydrogens is 232 g/mol. The van der Waals surface area contributed by atoms with Crippen LogP contribution in [0.3, 0.4) is 0 Å². The zero-order chi connectivity index (χ0) is 13.0. The molecule has 0 spiro atoms. The molecule has 1 aromatic carbocycles. The predicted molar refractivity (Wildman–Crippen MR) is 68.1 cm³/mol. The topological polar surface area (TPSA) is 59.9 Å². The van der Waals surface area contributed by atoms with Crippen molar-refractivity contribution >= 4 is 11.6 Å². The van der Waals surface area contributed by atoms with Crippen LogP contribution >= 0.6 is 0 Å². The average molecular weight is 248 g/mol. The molecule has 0 unspecified atom stereocenters. The smallest absolute Gasteiger partial charge is 0.240 e. The lowest BCUT2D eigenvalue weighted by atomic mass is 10.0. The Labute approximate surface area is 106 Å². The molecule has 0 saturated carbocycles. The highest BCUT2D eigenvalue weighted by Gasteiger charge is 2.15. The number of carbonyl (C=O) groups excluding carboxylic acids is 1. The highest BCUT2D eigenvalue weighted by atomic mass is 16.5. The number of methoxy groups -OCH3 is 1. The highest BCUT2D eigenvalue weighted by molar-refractivity contribution is 6.04. The Morgan fingerprint density at radius 2 is 2.17 bits per heavy atom. The summed E-state index contributed by atoms with van der Waals surface area (Å²) >= 11 is 0. The maximum absolute atomic E-state index is 11.0. The molecule has 0 radical (unpaired) electrons. The lowest BCUT2D eigenvalue weighted by molar-refractivity contribution is -0.121. The van der Waals surface area contributed by atoms with Gasteiger partial charge in [0.1, 0.15) is 0 Å². The van der Waals surface area contributed by atoms with Crippen LogP contribution in [0, 0.1) is 0 Å². The van der Waals surface area contributed by atoms with Gasteiger partial charge in [-0.05, 0) is 25.1 Å². The summed E-state index contributed by atoms with van der Waals surface area (Å²) in [5.41, 5.74) is 4.29. The van der Waals surface area contributed by atoms with Crippen LogP contribution in [0.25, 0.3) is 0 Å². The molecule has 18 heavy (non-hydrogen) atoms. The average Bonchev–Trinajstić information content (AvgIpc) is 2.40. The second kappa shape index (κ2) is 5.53. The van der Waals surface area contributed by atoms with Gasteiger partial charge in [0.25, 0.3) is 0 Å². The number of amides is 1. The summed E-state index contributed by atoms with van der Waals surface area (Å²) < 4.78 is 10.7. The quantitative estimate of drug-likeness (QED) is 0.882. The lowest BCUT2D eigenvalue weighted by Gasteiger charge is -2.14. The van der Waals surface area contributed by atoms with E-state index < -0.39 is 0 Å². The molecule has 0 atom stereocenters. The predicted octanol–water partition coefficient (Wildman–Crippen LogP) is 1.71. The first-order valence-corrected chi connectivity index (χ1v) is 5.91. The number of nitrogens with one attached hydrogen (secondary N) is 1. The Hall–Kier alpha value is -2.04. The summed E-state index contributed by atoms with van der Waals surface area (Å²) in [6, 6.07) is 5.65. The van der Waals surface area contributed by atoms with Gasteiger partial charge in [-0.25, -0.2) is 5.43 Å². The van der Waals surface area contributed by atoms with Crippen LogP contribution in [0.2, 0.25) is 0 Å².